The van der Waals surface area contributed by atoms with Gasteiger partial charge in [0.05, 0.1) is 29.9 Å². The Balaban J connectivity index is 1.35. The summed E-state index contributed by atoms with van der Waals surface area (Å²) in [6.45, 7) is 4.09. The Morgan fingerprint density at radius 1 is 1.03 bits per heavy atom. The van der Waals surface area contributed by atoms with E-state index in [0.717, 1.165) is 29.6 Å². The second-order valence-corrected chi connectivity index (χ2v) is 8.98. The lowest BCUT2D eigenvalue weighted by Gasteiger charge is -2.12. The van der Waals surface area contributed by atoms with Crippen LogP contribution in [0.3, 0.4) is 0 Å². The lowest BCUT2D eigenvalue weighted by atomic mass is 10.1. The summed E-state index contributed by atoms with van der Waals surface area (Å²) in [6, 6.07) is 16.0. The molecular weight excluding hydrogens is 442 g/mol. The van der Waals surface area contributed by atoms with Gasteiger partial charge in [0.2, 0.25) is 0 Å². The molecule has 0 bridgehead atoms. The number of para-hydroxylation sites is 2. The predicted octanol–water partition coefficient (Wildman–Crippen LogP) is 5.40. The molecule has 8 nitrogen and oxygen atoms in total. The van der Waals surface area contributed by atoms with Gasteiger partial charge in [-0.1, -0.05) is 12.1 Å². The summed E-state index contributed by atoms with van der Waals surface area (Å²) in [5, 5.41) is 11.0. The van der Waals surface area contributed by atoms with Crippen molar-refractivity contribution in [3.63, 3.8) is 0 Å². The molecule has 2 aromatic carbocycles. The highest BCUT2D eigenvalue weighted by Crippen LogP contribution is 2.40. The molecule has 0 radical (unpaired) electrons. The first kappa shape index (κ1) is 22.6. The highest BCUT2D eigenvalue weighted by Gasteiger charge is 2.28. The molecule has 2 heterocycles. The van der Waals surface area contributed by atoms with Crippen molar-refractivity contribution >= 4 is 34.2 Å². The number of ether oxygens (including phenoxy) is 1. The largest absolute Gasteiger partial charge is 0.495 e. The number of carbonyl (C=O) groups is 2. The molecule has 0 saturated heterocycles. The Bertz CT molecular complexity index is 1400. The average molecular weight is 470 g/mol. The highest BCUT2D eigenvalue weighted by atomic mass is 16.5. The fourth-order valence-electron chi connectivity index (χ4n) is 4.04. The van der Waals surface area contributed by atoms with E-state index in [1.807, 2.05) is 36.7 Å². The number of nitrogens with zero attached hydrogens (tertiary/aromatic N) is 3. The number of benzene rings is 2. The maximum Gasteiger partial charge on any atom is 0.256 e. The van der Waals surface area contributed by atoms with Crippen molar-refractivity contribution in [2.24, 2.45) is 0 Å². The fourth-order valence-corrected chi connectivity index (χ4v) is 4.04. The second kappa shape index (κ2) is 9.21. The molecule has 1 aliphatic carbocycles. The predicted molar refractivity (Wildman–Crippen MR) is 135 cm³/mol. The number of rotatable bonds is 7. The lowest BCUT2D eigenvalue weighted by molar-refractivity contribution is 0.102. The maximum absolute atomic E-state index is 13.3. The molecule has 35 heavy (non-hydrogen) atoms. The molecule has 1 saturated carbocycles. The Hall–Kier alpha value is -4.20. The van der Waals surface area contributed by atoms with Crippen molar-refractivity contribution in [1.29, 1.82) is 0 Å². The number of amides is 2. The summed E-state index contributed by atoms with van der Waals surface area (Å²) in [7, 11) is 1.56. The number of hydrogen-bond donors (Lipinski definition) is 2. The summed E-state index contributed by atoms with van der Waals surface area (Å²) in [5.74, 6) is 0.495. The standard InChI is InChI=1S/C27H27N5O3/c1-16(2)32-25-21(15-28-32)20(14-23(30-25)17-8-9-17)27(34)29-19-12-10-18(11-13-19)26(33)31-22-6-4-5-7-24(22)35-3/h4-7,10-17H,8-9H2,1-3H3,(H,29,34)(H,31,33). The molecule has 0 spiro atoms. The normalized spacial score (nSPS) is 13.1. The third kappa shape index (κ3) is 4.59. The van der Waals surface area contributed by atoms with Crippen LogP contribution in [0, 0.1) is 0 Å². The Morgan fingerprint density at radius 3 is 2.46 bits per heavy atom. The summed E-state index contributed by atoms with van der Waals surface area (Å²) < 4.78 is 7.14. The van der Waals surface area contributed by atoms with Crippen LogP contribution in [0.15, 0.2) is 60.8 Å². The first-order valence-electron chi connectivity index (χ1n) is 11.7. The molecule has 4 aromatic rings. The third-order valence-electron chi connectivity index (χ3n) is 6.08. The van der Waals surface area contributed by atoms with E-state index in [1.165, 1.54) is 0 Å². The maximum atomic E-state index is 13.3. The fraction of sp³-hybridized carbons (Fsp3) is 0.259. The van der Waals surface area contributed by atoms with E-state index in [0.29, 0.717) is 34.2 Å². The van der Waals surface area contributed by atoms with Crippen LogP contribution in [0.4, 0.5) is 11.4 Å². The van der Waals surface area contributed by atoms with Gasteiger partial charge in [0.15, 0.2) is 5.65 Å². The molecule has 2 aromatic heterocycles. The average Bonchev–Trinajstić information content (AvgIpc) is 3.62. The quantitative estimate of drug-likeness (QED) is 0.377. The molecule has 1 aliphatic rings. The van der Waals surface area contributed by atoms with E-state index in [2.05, 4.69) is 15.7 Å². The molecule has 0 atom stereocenters. The van der Waals surface area contributed by atoms with Crippen molar-refractivity contribution in [1.82, 2.24) is 14.8 Å². The van der Waals surface area contributed by atoms with E-state index in [-0.39, 0.29) is 17.9 Å². The van der Waals surface area contributed by atoms with Gasteiger partial charge in [0.25, 0.3) is 11.8 Å². The molecule has 5 rings (SSSR count). The van der Waals surface area contributed by atoms with E-state index in [9.17, 15) is 9.59 Å². The number of aromatic nitrogens is 3. The van der Waals surface area contributed by atoms with E-state index < -0.39 is 0 Å². The van der Waals surface area contributed by atoms with Crippen molar-refractivity contribution in [3.05, 3.63) is 77.6 Å². The number of anilines is 2. The van der Waals surface area contributed by atoms with Gasteiger partial charge >= 0.3 is 0 Å². The van der Waals surface area contributed by atoms with Crippen molar-refractivity contribution in [2.75, 3.05) is 17.7 Å². The number of hydrogen-bond acceptors (Lipinski definition) is 5. The zero-order chi connectivity index (χ0) is 24.5. The first-order chi connectivity index (χ1) is 16.9. The minimum absolute atomic E-state index is 0.139. The van der Waals surface area contributed by atoms with Crippen LogP contribution in [0.25, 0.3) is 11.0 Å². The molecular formula is C27H27N5O3. The van der Waals surface area contributed by atoms with E-state index in [1.54, 1.807) is 49.7 Å². The van der Waals surface area contributed by atoms with Gasteiger partial charge < -0.3 is 15.4 Å². The van der Waals surface area contributed by atoms with Crippen LogP contribution in [0.2, 0.25) is 0 Å². The number of pyridine rings is 1. The zero-order valence-corrected chi connectivity index (χ0v) is 19.9. The van der Waals surface area contributed by atoms with E-state index >= 15 is 0 Å². The smallest absolute Gasteiger partial charge is 0.256 e. The van der Waals surface area contributed by atoms with Gasteiger partial charge in [-0.2, -0.15) is 5.10 Å². The molecule has 2 amide bonds. The molecule has 8 heteroatoms. The van der Waals surface area contributed by atoms with E-state index in [4.69, 9.17) is 9.72 Å². The number of carbonyl (C=O) groups excluding carboxylic acids is 2. The lowest BCUT2D eigenvalue weighted by Crippen LogP contribution is -2.15. The Morgan fingerprint density at radius 2 is 1.77 bits per heavy atom. The number of methoxy groups -OCH3 is 1. The van der Waals surface area contributed by atoms with Gasteiger partial charge in [-0.3, -0.25) is 9.59 Å². The Labute approximate surface area is 203 Å². The number of nitrogens with one attached hydrogen (secondary N) is 2. The van der Waals surface area contributed by atoms with Gasteiger partial charge in [0.1, 0.15) is 5.75 Å². The van der Waals surface area contributed by atoms with Gasteiger partial charge in [-0.05, 0) is 69.2 Å². The third-order valence-corrected chi connectivity index (χ3v) is 6.08. The van der Waals surface area contributed by atoms with Gasteiger partial charge in [0, 0.05) is 28.9 Å². The molecule has 178 valence electrons. The molecule has 2 N–H and O–H groups in total. The zero-order valence-electron chi connectivity index (χ0n) is 19.9. The van der Waals surface area contributed by atoms with Crippen LogP contribution >= 0.6 is 0 Å². The summed E-state index contributed by atoms with van der Waals surface area (Å²) in [4.78, 5) is 30.8. The van der Waals surface area contributed by atoms with Crippen molar-refractivity contribution < 1.29 is 14.3 Å². The van der Waals surface area contributed by atoms with Crippen molar-refractivity contribution in [2.45, 2.75) is 38.6 Å². The SMILES string of the molecule is COc1ccccc1NC(=O)c1ccc(NC(=O)c2cc(C3CC3)nc3c2cnn3C(C)C)cc1. The second-order valence-electron chi connectivity index (χ2n) is 8.98. The topological polar surface area (TPSA) is 98.1 Å². The first-order valence-corrected chi connectivity index (χ1v) is 11.7. The monoisotopic (exact) mass is 469 g/mol. The minimum Gasteiger partial charge on any atom is -0.495 e. The van der Waals surface area contributed by atoms with Crippen LogP contribution in [-0.2, 0) is 0 Å². The van der Waals surface area contributed by atoms with Gasteiger partial charge in [-0.15, -0.1) is 0 Å². The summed E-state index contributed by atoms with van der Waals surface area (Å²) >= 11 is 0. The van der Waals surface area contributed by atoms with Gasteiger partial charge in [-0.25, -0.2) is 9.67 Å². The number of fused-ring (bicyclic) bond motifs is 1. The van der Waals surface area contributed by atoms with Crippen LogP contribution in [0.1, 0.15) is 65.1 Å². The van der Waals surface area contributed by atoms with Crippen LogP contribution in [0.5, 0.6) is 5.75 Å². The molecule has 1 fully saturated rings. The molecule has 0 aliphatic heterocycles. The molecule has 0 unspecified atom stereocenters. The van der Waals surface area contributed by atoms with Crippen LogP contribution in [-0.4, -0.2) is 33.7 Å². The highest BCUT2D eigenvalue weighted by molar-refractivity contribution is 6.12. The Kier molecular flexibility index (Phi) is 5.94. The van der Waals surface area contributed by atoms with Crippen molar-refractivity contribution in [3.8, 4) is 5.75 Å². The summed E-state index contributed by atoms with van der Waals surface area (Å²) in [5.41, 5.74) is 3.88. The van der Waals surface area contributed by atoms with Crippen LogP contribution < -0.4 is 15.4 Å². The summed E-state index contributed by atoms with van der Waals surface area (Å²) in [6.07, 6.45) is 3.89. The minimum atomic E-state index is -0.265.